The largest absolute Gasteiger partial charge is 0.494 e. The first-order chi connectivity index (χ1) is 42.6. The lowest BCUT2D eigenvalue weighted by atomic mass is 9.98. The van der Waals surface area contributed by atoms with E-state index < -0.39 is 47.5 Å². The molecule has 20 heteroatoms. The number of rotatable bonds is 26. The molecular formula is C68H62N8O12. The first-order valence-corrected chi connectivity index (χ1v) is 29.0. The van der Waals surface area contributed by atoms with Gasteiger partial charge in [-0.25, -0.2) is 18.7 Å². The number of hydrogen-bond donors (Lipinski definition) is 4. The highest BCUT2D eigenvalue weighted by atomic mass is 16.5. The van der Waals surface area contributed by atoms with Gasteiger partial charge in [0.05, 0.1) is 57.4 Å². The molecule has 0 spiro atoms. The van der Waals surface area contributed by atoms with Crippen molar-refractivity contribution in [3.63, 3.8) is 0 Å². The number of aromatic nitrogens is 7. The third kappa shape index (κ3) is 12.4. The number of H-pyrrole nitrogens is 2. The van der Waals surface area contributed by atoms with Gasteiger partial charge in [0, 0.05) is 53.6 Å². The predicted molar refractivity (Wildman–Crippen MR) is 333 cm³/mol. The van der Waals surface area contributed by atoms with Gasteiger partial charge in [0.25, 0.3) is 11.1 Å². The molecule has 0 saturated carbocycles. The van der Waals surface area contributed by atoms with E-state index in [0.29, 0.717) is 33.7 Å². The molecule has 0 bridgehead atoms. The van der Waals surface area contributed by atoms with Gasteiger partial charge in [-0.3, -0.25) is 38.7 Å². The zero-order valence-electron chi connectivity index (χ0n) is 48.4. The average Bonchev–Trinajstić information content (AvgIpc) is 1.61. The molecule has 7 heterocycles. The fourth-order valence-electron chi connectivity index (χ4n) is 11.6. The number of pyridine rings is 3. The maximum absolute atomic E-state index is 14.3. The normalized spacial score (nSPS) is 11.5. The average molecular weight is 1180 g/mol. The van der Waals surface area contributed by atoms with Crippen LogP contribution in [0.5, 0.6) is 11.5 Å². The Labute approximate surface area is 502 Å². The summed E-state index contributed by atoms with van der Waals surface area (Å²) < 4.78 is 17.3. The Hall–Kier alpha value is -10.7. The Morgan fingerprint density at radius 3 is 1.38 bits per heavy atom. The van der Waals surface area contributed by atoms with Gasteiger partial charge < -0.3 is 38.5 Å². The summed E-state index contributed by atoms with van der Waals surface area (Å²) in [7, 11) is 0. The van der Waals surface area contributed by atoms with Crippen molar-refractivity contribution in [1.29, 1.82) is 0 Å². The fourth-order valence-corrected chi connectivity index (χ4v) is 11.6. The Morgan fingerprint density at radius 1 is 0.523 bits per heavy atom. The Balaban J connectivity index is 0.656. The van der Waals surface area contributed by atoms with Crippen molar-refractivity contribution in [3.05, 3.63) is 239 Å². The van der Waals surface area contributed by atoms with Crippen LogP contribution in [0, 0.1) is 13.8 Å². The van der Waals surface area contributed by atoms with Crippen LogP contribution in [-0.2, 0) is 29.2 Å². The number of carboxylic acid groups (broad SMARTS) is 2. The third-order valence-electron chi connectivity index (χ3n) is 15.9. The standard InChI is InChI=1S/C68H62N8O12/c1-42-59(55-13-5-9-33-73(55)61(42)63(81)47-19-25-51-53(37-47)70-67(85)75(65(51)83)40-57(77)78)45-15-21-49(22-16-45)87-35-11-3-7-31-72(39-44-27-29-69-30-28-44)32-8-4-12-36-88-50-23-17-46(18-24-50)60-43(2)62(74-34-10-6-14-56(60)74)64(82)48-20-26-52-54(38-48)71-68(86)76(66(52)84)41-58(79)80/h5-6,9-10,13-30,33-34,37-38H,3-4,7-8,11-12,31-32,35-36,39-41H2,1-2H3,(H,70,85)(H,71,86)(H,77,78)(H,79,80). The smallest absolute Gasteiger partial charge is 0.329 e. The van der Waals surface area contributed by atoms with Crippen molar-refractivity contribution in [1.82, 2.24) is 37.8 Å². The molecule has 0 aliphatic heterocycles. The number of benzene rings is 4. The van der Waals surface area contributed by atoms with Crippen molar-refractivity contribution in [2.75, 3.05) is 26.3 Å². The van der Waals surface area contributed by atoms with Gasteiger partial charge >= 0.3 is 23.3 Å². The summed E-state index contributed by atoms with van der Waals surface area (Å²) in [6.07, 6.45) is 13.0. The predicted octanol–water partition coefficient (Wildman–Crippen LogP) is 9.48. The van der Waals surface area contributed by atoms with E-state index in [2.05, 4.69) is 32.0 Å². The molecule has 0 amide bonds. The van der Waals surface area contributed by atoms with Crippen LogP contribution in [0.2, 0.25) is 0 Å². The summed E-state index contributed by atoms with van der Waals surface area (Å²) in [4.78, 5) is 114. The van der Waals surface area contributed by atoms with E-state index >= 15 is 0 Å². The second-order valence-electron chi connectivity index (χ2n) is 21.7. The highest BCUT2D eigenvalue weighted by Crippen LogP contribution is 2.37. The second kappa shape index (κ2) is 25.9. The molecule has 4 aromatic carbocycles. The number of nitrogens with one attached hydrogen (secondary N) is 2. The van der Waals surface area contributed by atoms with Gasteiger partial charge in [-0.1, -0.05) is 48.5 Å². The number of ketones is 2. The van der Waals surface area contributed by atoms with Crippen molar-refractivity contribution in [2.45, 2.75) is 72.0 Å². The second-order valence-corrected chi connectivity index (χ2v) is 21.7. The van der Waals surface area contributed by atoms with Crippen molar-refractivity contribution in [2.24, 2.45) is 0 Å². The third-order valence-corrected chi connectivity index (χ3v) is 15.9. The van der Waals surface area contributed by atoms with E-state index in [4.69, 9.17) is 9.47 Å². The molecule has 0 aliphatic carbocycles. The van der Waals surface area contributed by atoms with Crippen molar-refractivity contribution in [3.8, 4) is 33.8 Å². The van der Waals surface area contributed by atoms with E-state index in [-0.39, 0.29) is 44.5 Å². The lowest BCUT2D eigenvalue weighted by Crippen LogP contribution is -2.37. The van der Waals surface area contributed by atoms with Crippen molar-refractivity contribution < 1.29 is 38.9 Å². The first-order valence-electron chi connectivity index (χ1n) is 29.0. The zero-order valence-corrected chi connectivity index (χ0v) is 48.4. The lowest BCUT2D eigenvalue weighted by Gasteiger charge is -2.22. The number of unbranched alkanes of at least 4 members (excludes halogenated alkanes) is 4. The fraction of sp³-hybridized carbons (Fsp3) is 0.221. The lowest BCUT2D eigenvalue weighted by molar-refractivity contribution is -0.138. The molecule has 7 aromatic heterocycles. The van der Waals surface area contributed by atoms with Crippen LogP contribution in [0.1, 0.15) is 87.3 Å². The van der Waals surface area contributed by atoms with Crippen LogP contribution >= 0.6 is 0 Å². The van der Waals surface area contributed by atoms with Crippen LogP contribution < -0.4 is 32.0 Å². The van der Waals surface area contributed by atoms with Crippen molar-refractivity contribution >= 4 is 56.3 Å². The topological polar surface area (TPSA) is 262 Å². The van der Waals surface area contributed by atoms with Gasteiger partial charge in [-0.15, -0.1) is 0 Å². The summed E-state index contributed by atoms with van der Waals surface area (Å²) in [6, 6.07) is 40.0. The van der Waals surface area contributed by atoms with Crippen LogP contribution in [0.15, 0.2) is 177 Å². The SMILES string of the molecule is Cc1c(-c2ccc(OCCCCCN(CCCCCOc3ccc(-c4c(C)c(C(=O)c5ccc6c(=O)n(CC(=O)O)c(=O)[nH]c6c5)n5ccccc45)cc3)Cc3ccncc3)cc2)c2ccccn2c1C(=O)c1ccc2c(=O)n(CC(=O)O)c(=O)[nH]c2c1. The van der Waals surface area contributed by atoms with Gasteiger partial charge in [0.15, 0.2) is 0 Å². The van der Waals surface area contributed by atoms with Gasteiger partial charge in [0.1, 0.15) is 24.6 Å². The minimum Gasteiger partial charge on any atom is -0.494 e. The molecule has 11 aromatic rings. The number of carbonyl (C=O) groups is 4. The Kier molecular flexibility index (Phi) is 17.3. The number of carboxylic acids is 2. The summed E-state index contributed by atoms with van der Waals surface area (Å²) >= 11 is 0. The Bertz CT molecular complexity index is 4450. The highest BCUT2D eigenvalue weighted by molar-refractivity contribution is 6.14. The number of aromatic amines is 2. The number of aliphatic carboxylic acids is 2. The highest BCUT2D eigenvalue weighted by Gasteiger charge is 2.26. The molecule has 4 N–H and O–H groups in total. The molecule has 0 saturated heterocycles. The molecule has 20 nitrogen and oxygen atoms in total. The monoisotopic (exact) mass is 1180 g/mol. The summed E-state index contributed by atoms with van der Waals surface area (Å²) in [5, 5.41) is 18.6. The van der Waals surface area contributed by atoms with E-state index in [1.165, 1.54) is 42.0 Å². The van der Waals surface area contributed by atoms with Crippen LogP contribution in [0.25, 0.3) is 55.1 Å². The minimum atomic E-state index is -1.33. The van der Waals surface area contributed by atoms with E-state index in [9.17, 15) is 48.6 Å². The molecular weight excluding hydrogens is 1120 g/mol. The number of nitrogens with zero attached hydrogens (tertiary/aromatic N) is 6. The Morgan fingerprint density at radius 2 is 0.955 bits per heavy atom. The van der Waals surface area contributed by atoms with E-state index in [0.717, 1.165) is 114 Å². The van der Waals surface area contributed by atoms with Crippen LogP contribution in [0.3, 0.4) is 0 Å². The van der Waals surface area contributed by atoms with Gasteiger partial charge in [-0.2, -0.15) is 0 Å². The number of ether oxygens (including phenoxy) is 2. The maximum atomic E-state index is 14.3. The molecule has 11 rings (SSSR count). The quantitative estimate of drug-likeness (QED) is 0.0291. The molecule has 446 valence electrons. The van der Waals surface area contributed by atoms with E-state index in [1.54, 1.807) is 0 Å². The maximum Gasteiger partial charge on any atom is 0.329 e. The molecule has 0 unspecified atom stereocenters. The summed E-state index contributed by atoms with van der Waals surface area (Å²) in [6.45, 7) is 6.02. The summed E-state index contributed by atoms with van der Waals surface area (Å²) in [5.74, 6) is -1.81. The first kappa shape index (κ1) is 59.0. The minimum absolute atomic E-state index is 0.0901. The molecule has 0 radical (unpaired) electrons. The molecule has 0 fully saturated rings. The number of carbonyl (C=O) groups excluding carboxylic acids is 2. The van der Waals surface area contributed by atoms with Gasteiger partial charge in [-0.05, 0) is 178 Å². The molecule has 0 atom stereocenters. The van der Waals surface area contributed by atoms with Gasteiger partial charge in [0.2, 0.25) is 11.6 Å². The molecule has 88 heavy (non-hydrogen) atoms. The van der Waals surface area contributed by atoms with Crippen LogP contribution in [-0.4, -0.2) is 97.8 Å². The number of fused-ring (bicyclic) bond motifs is 4. The summed E-state index contributed by atoms with van der Waals surface area (Å²) in [5.41, 5.74) is 6.27. The zero-order chi connectivity index (χ0) is 61.6. The number of hydrogen-bond acceptors (Lipinski definition) is 12. The van der Waals surface area contributed by atoms with Crippen LogP contribution in [0.4, 0.5) is 0 Å². The van der Waals surface area contributed by atoms with E-state index in [1.807, 2.05) is 132 Å². The molecule has 0 aliphatic rings.